The number of ketones is 1. The zero-order chi connectivity index (χ0) is 24.5. The molecule has 0 aliphatic carbocycles. The van der Waals surface area contributed by atoms with Crippen LogP contribution in [0.1, 0.15) is 27.7 Å². The molecule has 11 heteroatoms. The Balaban J connectivity index is 1.32. The van der Waals surface area contributed by atoms with Gasteiger partial charge in [-0.15, -0.1) is 0 Å². The first kappa shape index (κ1) is 22.5. The number of fused-ring (bicyclic) bond motifs is 1. The van der Waals surface area contributed by atoms with E-state index in [0.29, 0.717) is 60.4 Å². The molecule has 2 amide bonds. The van der Waals surface area contributed by atoms with Gasteiger partial charge in [-0.2, -0.15) is 5.10 Å². The number of carbonyl (C=O) groups excluding carboxylic acids is 3. The fourth-order valence-corrected chi connectivity index (χ4v) is 4.51. The summed E-state index contributed by atoms with van der Waals surface area (Å²) >= 11 is 0. The van der Waals surface area contributed by atoms with Crippen LogP contribution >= 0.6 is 0 Å². The minimum atomic E-state index is -0.720. The molecule has 2 aliphatic heterocycles. The zero-order valence-electron chi connectivity index (χ0n) is 19.5. The van der Waals surface area contributed by atoms with Crippen LogP contribution in [0.4, 0.5) is 5.69 Å². The first-order valence-corrected chi connectivity index (χ1v) is 11.3. The number of nitrogens with one attached hydrogen (secondary N) is 1. The highest BCUT2D eigenvalue weighted by Crippen LogP contribution is 2.41. The summed E-state index contributed by atoms with van der Waals surface area (Å²) in [5.74, 6) is -0.388. The van der Waals surface area contributed by atoms with E-state index in [9.17, 15) is 14.4 Å². The Hall–Kier alpha value is -4.28. The molecule has 180 valence electrons. The SMILES string of the molecule is COc1cnc(-n2cnc(C)n2)c2c1C(C(=O)C(=O)N1CCN(C(=O)c3ccccc3)CC1)CN2. The molecule has 2 aromatic heterocycles. The number of rotatable bonds is 5. The van der Waals surface area contributed by atoms with Gasteiger partial charge in [-0.05, 0) is 19.1 Å². The number of pyridine rings is 1. The van der Waals surface area contributed by atoms with Gasteiger partial charge in [0.1, 0.15) is 17.9 Å². The van der Waals surface area contributed by atoms with Crippen molar-refractivity contribution in [2.45, 2.75) is 12.8 Å². The first-order valence-electron chi connectivity index (χ1n) is 11.3. The second-order valence-electron chi connectivity index (χ2n) is 8.42. The van der Waals surface area contributed by atoms with Gasteiger partial charge < -0.3 is 19.9 Å². The van der Waals surface area contributed by atoms with Crippen LogP contribution in [0.15, 0.2) is 42.9 Å². The van der Waals surface area contributed by atoms with Crippen LogP contribution in [0.2, 0.25) is 0 Å². The number of methoxy groups -OCH3 is 1. The molecule has 1 fully saturated rings. The molecule has 2 aliphatic rings. The van der Waals surface area contributed by atoms with Crippen LogP contribution < -0.4 is 10.1 Å². The Labute approximate surface area is 201 Å². The summed E-state index contributed by atoms with van der Waals surface area (Å²) in [6.45, 7) is 3.35. The number of nitrogens with zero attached hydrogens (tertiary/aromatic N) is 6. The lowest BCUT2D eigenvalue weighted by atomic mass is 9.95. The Morgan fingerprint density at radius 3 is 2.40 bits per heavy atom. The number of benzene rings is 1. The van der Waals surface area contributed by atoms with Gasteiger partial charge in [-0.1, -0.05) is 18.2 Å². The zero-order valence-corrected chi connectivity index (χ0v) is 19.5. The summed E-state index contributed by atoms with van der Waals surface area (Å²) in [5, 5.41) is 7.51. The van der Waals surface area contributed by atoms with E-state index in [-0.39, 0.29) is 12.5 Å². The second-order valence-corrected chi connectivity index (χ2v) is 8.42. The third-order valence-electron chi connectivity index (χ3n) is 6.34. The minimum absolute atomic E-state index is 0.0777. The van der Waals surface area contributed by atoms with E-state index in [1.54, 1.807) is 30.3 Å². The molecule has 5 rings (SSSR count). The molecule has 11 nitrogen and oxygen atoms in total. The third-order valence-corrected chi connectivity index (χ3v) is 6.34. The number of piperazine rings is 1. The van der Waals surface area contributed by atoms with Crippen molar-refractivity contribution in [3.8, 4) is 11.6 Å². The largest absolute Gasteiger partial charge is 0.495 e. The van der Waals surface area contributed by atoms with E-state index in [2.05, 4.69) is 20.4 Å². The lowest BCUT2D eigenvalue weighted by molar-refractivity contribution is -0.146. The topological polar surface area (TPSA) is 123 Å². The third kappa shape index (κ3) is 4.09. The van der Waals surface area contributed by atoms with E-state index in [1.165, 1.54) is 22.9 Å². The highest BCUT2D eigenvalue weighted by atomic mass is 16.5. The number of carbonyl (C=O) groups is 3. The lowest BCUT2D eigenvalue weighted by Crippen LogP contribution is -2.52. The molecular weight excluding hydrogens is 450 g/mol. The monoisotopic (exact) mass is 475 g/mol. The summed E-state index contributed by atoms with van der Waals surface area (Å²) in [7, 11) is 1.50. The number of anilines is 1. The molecule has 0 saturated carbocycles. The highest BCUT2D eigenvalue weighted by Gasteiger charge is 2.40. The summed E-state index contributed by atoms with van der Waals surface area (Å²) < 4.78 is 7.00. The molecule has 1 unspecified atom stereocenters. The summed E-state index contributed by atoms with van der Waals surface area (Å²) in [4.78, 5) is 51.0. The molecular formula is C24H25N7O4. The number of aryl methyl sites for hydroxylation is 1. The maximum atomic E-state index is 13.3. The molecule has 4 heterocycles. The van der Waals surface area contributed by atoms with Crippen molar-refractivity contribution < 1.29 is 19.1 Å². The van der Waals surface area contributed by atoms with Crippen LogP contribution in [0.3, 0.4) is 0 Å². The van der Waals surface area contributed by atoms with Crippen LogP contribution in [0.25, 0.3) is 5.82 Å². The summed E-state index contributed by atoms with van der Waals surface area (Å²) in [6.07, 6.45) is 3.07. The van der Waals surface area contributed by atoms with Gasteiger partial charge in [0.25, 0.3) is 11.8 Å². The van der Waals surface area contributed by atoms with Crippen LogP contribution in [-0.4, -0.2) is 87.0 Å². The molecule has 1 aromatic carbocycles. The van der Waals surface area contributed by atoms with Gasteiger partial charge in [-0.3, -0.25) is 14.4 Å². The summed E-state index contributed by atoms with van der Waals surface area (Å²) in [5.41, 5.74) is 1.79. The van der Waals surface area contributed by atoms with E-state index < -0.39 is 17.6 Å². The maximum Gasteiger partial charge on any atom is 0.290 e. The van der Waals surface area contributed by atoms with E-state index in [0.717, 1.165) is 0 Å². The van der Waals surface area contributed by atoms with Gasteiger partial charge in [0.05, 0.1) is 24.9 Å². The molecule has 1 N–H and O–H groups in total. The smallest absolute Gasteiger partial charge is 0.290 e. The molecule has 0 radical (unpaired) electrons. The quantitative estimate of drug-likeness (QED) is 0.543. The average Bonchev–Trinajstić information content (AvgIpc) is 3.54. The summed E-state index contributed by atoms with van der Waals surface area (Å²) in [6, 6.07) is 9.03. The predicted molar refractivity (Wildman–Crippen MR) is 126 cm³/mol. The van der Waals surface area contributed by atoms with Gasteiger partial charge in [0.15, 0.2) is 5.82 Å². The highest BCUT2D eigenvalue weighted by molar-refractivity contribution is 6.38. The number of Topliss-reactive ketones (excluding diaryl/α,β-unsaturated/α-hetero) is 1. The Morgan fingerprint density at radius 1 is 1.03 bits per heavy atom. The Bertz CT molecular complexity index is 1280. The van der Waals surface area contributed by atoms with Crippen molar-refractivity contribution in [2.24, 2.45) is 0 Å². The minimum Gasteiger partial charge on any atom is -0.495 e. The lowest BCUT2D eigenvalue weighted by Gasteiger charge is -2.34. The predicted octanol–water partition coefficient (Wildman–Crippen LogP) is 1.04. The number of amides is 2. The fraction of sp³-hybridized carbons (Fsp3) is 0.333. The van der Waals surface area contributed by atoms with Crippen molar-refractivity contribution in [1.82, 2.24) is 29.5 Å². The van der Waals surface area contributed by atoms with Gasteiger partial charge in [0.2, 0.25) is 5.78 Å². The number of hydrogen-bond acceptors (Lipinski definition) is 8. The van der Waals surface area contributed by atoms with E-state index in [1.807, 2.05) is 18.2 Å². The number of aromatic nitrogens is 4. The van der Waals surface area contributed by atoms with E-state index >= 15 is 0 Å². The van der Waals surface area contributed by atoms with Crippen molar-refractivity contribution in [1.29, 1.82) is 0 Å². The number of hydrogen-bond donors (Lipinski definition) is 1. The Kier molecular flexibility index (Phi) is 5.89. The van der Waals surface area contributed by atoms with Gasteiger partial charge >= 0.3 is 0 Å². The normalized spacial score (nSPS) is 17.0. The standard InChI is InChI=1S/C24H25N7O4/c1-15-27-14-31(28-15)22-20-19(18(35-2)13-26-22)17(12-25-20)21(32)24(34)30-10-8-29(9-11-30)23(33)16-6-4-3-5-7-16/h3-7,13-14,17,25H,8-12H2,1-2H3. The van der Waals surface area contributed by atoms with Crippen LogP contribution in [-0.2, 0) is 9.59 Å². The van der Waals surface area contributed by atoms with Crippen molar-refractivity contribution in [3.05, 3.63) is 59.8 Å². The maximum absolute atomic E-state index is 13.3. The Morgan fingerprint density at radius 2 is 1.74 bits per heavy atom. The van der Waals surface area contributed by atoms with E-state index in [4.69, 9.17) is 4.74 Å². The van der Waals surface area contributed by atoms with Crippen molar-refractivity contribution >= 4 is 23.3 Å². The molecule has 35 heavy (non-hydrogen) atoms. The van der Waals surface area contributed by atoms with Crippen LogP contribution in [0, 0.1) is 6.92 Å². The van der Waals surface area contributed by atoms with Crippen molar-refractivity contribution in [2.75, 3.05) is 45.2 Å². The molecule has 1 saturated heterocycles. The average molecular weight is 476 g/mol. The molecule has 0 spiro atoms. The molecule has 3 aromatic rings. The second kappa shape index (κ2) is 9.16. The van der Waals surface area contributed by atoms with Crippen molar-refractivity contribution in [3.63, 3.8) is 0 Å². The van der Waals surface area contributed by atoms with Crippen LogP contribution in [0.5, 0.6) is 5.75 Å². The van der Waals surface area contributed by atoms with Gasteiger partial charge in [-0.25, -0.2) is 14.6 Å². The number of ether oxygens (including phenoxy) is 1. The fourth-order valence-electron chi connectivity index (χ4n) is 4.51. The first-order chi connectivity index (χ1) is 17.0. The van der Waals surface area contributed by atoms with Gasteiger partial charge in [0, 0.05) is 43.9 Å². The molecule has 0 bridgehead atoms. The molecule has 1 atom stereocenters.